The summed E-state index contributed by atoms with van der Waals surface area (Å²) < 4.78 is 43.0. The molecule has 1 unspecified atom stereocenters. The first-order chi connectivity index (χ1) is 27.1. The first-order valence-corrected chi connectivity index (χ1v) is 18.8. The monoisotopic (exact) mass is 814 g/mol. The molecule has 0 spiro atoms. The van der Waals surface area contributed by atoms with Gasteiger partial charge in [-0.15, -0.1) is 0 Å². The second kappa shape index (κ2) is 19.8. The number of ether oxygens (including phenoxy) is 2. The van der Waals surface area contributed by atoms with Crippen molar-refractivity contribution in [1.29, 1.82) is 0 Å². The van der Waals surface area contributed by atoms with Crippen molar-refractivity contribution in [2.75, 3.05) is 73.0 Å². The number of benzene rings is 2. The van der Waals surface area contributed by atoms with E-state index in [9.17, 15) is 14.4 Å². The summed E-state index contributed by atoms with van der Waals surface area (Å²) in [6.45, 7) is 7.09. The summed E-state index contributed by atoms with van der Waals surface area (Å²) in [6, 6.07) is 7.44. The zero-order chi connectivity index (χ0) is 42.0. The van der Waals surface area contributed by atoms with Crippen molar-refractivity contribution in [2.45, 2.75) is 38.8 Å². The lowest BCUT2D eigenvalue weighted by Gasteiger charge is -2.39. The highest BCUT2D eigenvalue weighted by Crippen LogP contribution is 2.33. The van der Waals surface area contributed by atoms with Crippen LogP contribution in [-0.4, -0.2) is 127 Å². The third kappa shape index (κ3) is 10.2. The lowest BCUT2D eigenvalue weighted by molar-refractivity contribution is -0.858. The molecule has 3 amide bonds. The van der Waals surface area contributed by atoms with Crippen LogP contribution in [0.15, 0.2) is 42.7 Å². The SMILES string of the molecule is CCC(N)(CC[NH+](C)C)C(=O)N1CCN(C(=O)c2ccc(NC(=O)c3ncc(-c4ccc(-c5cnn(CCOC)c5C)c(F)c4F)n3C)cc2Cl)CC1.COC=O. The quantitative estimate of drug-likeness (QED) is 0.162. The van der Waals surface area contributed by atoms with Crippen molar-refractivity contribution in [2.24, 2.45) is 12.8 Å². The average molecular weight is 815 g/mol. The summed E-state index contributed by atoms with van der Waals surface area (Å²) >= 11 is 6.54. The van der Waals surface area contributed by atoms with Crippen LogP contribution in [0.25, 0.3) is 22.4 Å². The highest BCUT2D eigenvalue weighted by molar-refractivity contribution is 6.34. The van der Waals surface area contributed by atoms with E-state index < -0.39 is 23.1 Å². The predicted molar refractivity (Wildman–Crippen MR) is 211 cm³/mol. The summed E-state index contributed by atoms with van der Waals surface area (Å²) in [7, 11) is 8.45. The van der Waals surface area contributed by atoms with E-state index in [1.807, 2.05) is 21.0 Å². The Bertz CT molecular complexity index is 2070. The Hall–Kier alpha value is -5.23. The molecule has 2 aromatic carbocycles. The highest BCUT2D eigenvalue weighted by atomic mass is 35.5. The average Bonchev–Trinajstić information content (AvgIpc) is 3.77. The van der Waals surface area contributed by atoms with Crippen molar-refractivity contribution in [3.8, 4) is 22.4 Å². The lowest BCUT2D eigenvalue weighted by Crippen LogP contribution is -3.06. The maximum Gasteiger partial charge on any atom is 0.292 e. The maximum atomic E-state index is 15.5. The number of nitrogens with one attached hydrogen (secondary N) is 2. The smallest absolute Gasteiger partial charge is 0.292 e. The Morgan fingerprint density at radius 3 is 2.25 bits per heavy atom. The number of methoxy groups -OCH3 is 2. The fourth-order valence-electron chi connectivity index (χ4n) is 6.40. The van der Waals surface area contributed by atoms with Crippen molar-refractivity contribution < 1.29 is 42.3 Å². The number of piperazine rings is 1. The molecule has 0 saturated carbocycles. The van der Waals surface area contributed by atoms with Gasteiger partial charge in [-0.2, -0.15) is 5.10 Å². The first kappa shape index (κ1) is 44.5. The number of hydrogen-bond donors (Lipinski definition) is 3. The van der Waals surface area contributed by atoms with E-state index in [-0.39, 0.29) is 45.0 Å². The Labute approximate surface area is 335 Å². The molecule has 1 fully saturated rings. The molecule has 4 aromatic rings. The van der Waals surface area contributed by atoms with Gasteiger partial charge in [-0.25, -0.2) is 13.8 Å². The van der Waals surface area contributed by atoms with E-state index in [0.717, 1.165) is 6.54 Å². The minimum atomic E-state index is -1.09. The summed E-state index contributed by atoms with van der Waals surface area (Å²) in [6.07, 6.45) is 3.88. The van der Waals surface area contributed by atoms with Crippen LogP contribution >= 0.6 is 11.6 Å². The van der Waals surface area contributed by atoms with Gasteiger partial charge in [0.2, 0.25) is 5.91 Å². The summed E-state index contributed by atoms with van der Waals surface area (Å²) in [4.78, 5) is 57.7. The van der Waals surface area contributed by atoms with Gasteiger partial charge in [-0.3, -0.25) is 23.9 Å². The van der Waals surface area contributed by atoms with E-state index >= 15 is 8.78 Å². The number of rotatable bonds is 14. The molecule has 1 saturated heterocycles. The topological polar surface area (TPSA) is 171 Å². The zero-order valence-corrected chi connectivity index (χ0v) is 34.1. The van der Waals surface area contributed by atoms with Gasteiger partial charge in [0.15, 0.2) is 17.5 Å². The number of carbonyl (C=O) groups is 4. The summed E-state index contributed by atoms with van der Waals surface area (Å²) in [5.74, 6) is -3.22. The maximum absolute atomic E-state index is 15.5. The largest absolute Gasteiger partial charge is 0.471 e. The first-order valence-electron chi connectivity index (χ1n) is 18.4. The van der Waals surface area contributed by atoms with Gasteiger partial charge in [0, 0.05) is 74.8 Å². The Morgan fingerprint density at radius 2 is 1.65 bits per heavy atom. The van der Waals surface area contributed by atoms with Gasteiger partial charge in [0.05, 0.1) is 69.6 Å². The molecule has 308 valence electrons. The molecular formula is C39H51ClF2N9O6+. The van der Waals surface area contributed by atoms with Crippen LogP contribution < -0.4 is 16.0 Å². The number of hydrogen-bond acceptors (Lipinski definition) is 9. The standard InChI is InChI=1S/C37H46ClF2N9O4.C2H4O2/c1-7-37(41,12-13-45(3)4)36(52)48-16-14-47(15-17-48)35(51)26-9-8-24(20-29(26)38)44-34(50)33-42-22-30(46(33)5)27-11-10-25(31(39)32(27)40)28-21-43-49(23(28)2)18-19-53-6;1-4-2-3/h8-11,20-22H,7,12-19,41H2,1-6H3,(H,44,50);2H,1H3/p+1. The molecule has 1 atom stereocenters. The normalized spacial score (nSPS) is 13.8. The minimum Gasteiger partial charge on any atom is -0.471 e. The fourth-order valence-corrected chi connectivity index (χ4v) is 6.66. The second-order valence-corrected chi connectivity index (χ2v) is 14.4. The third-order valence-corrected chi connectivity index (χ3v) is 10.3. The van der Waals surface area contributed by atoms with Crippen molar-refractivity contribution in [3.05, 3.63) is 76.5 Å². The number of amides is 3. The number of anilines is 1. The van der Waals surface area contributed by atoms with Gasteiger partial charge in [-0.1, -0.05) is 24.6 Å². The van der Waals surface area contributed by atoms with E-state index in [0.29, 0.717) is 75.6 Å². The zero-order valence-electron chi connectivity index (χ0n) is 33.3. The van der Waals surface area contributed by atoms with Crippen LogP contribution in [0, 0.1) is 18.6 Å². The minimum absolute atomic E-state index is 0.0598. The Balaban J connectivity index is 0.00000172. The number of aromatic nitrogens is 4. The van der Waals surface area contributed by atoms with Gasteiger partial charge in [0.25, 0.3) is 18.3 Å². The van der Waals surface area contributed by atoms with Crippen LogP contribution in [0.4, 0.5) is 14.5 Å². The number of nitrogens with two attached hydrogens (primary N) is 1. The van der Waals surface area contributed by atoms with Crippen LogP contribution in [-0.2, 0) is 32.7 Å². The number of carbonyl (C=O) groups excluding carboxylic acids is 4. The molecule has 4 N–H and O–H groups in total. The molecular weight excluding hydrogens is 764 g/mol. The summed E-state index contributed by atoms with van der Waals surface area (Å²) in [5.41, 5.74) is 7.43. The van der Waals surface area contributed by atoms with Crippen molar-refractivity contribution in [3.63, 3.8) is 0 Å². The molecule has 2 aromatic heterocycles. The molecule has 0 bridgehead atoms. The molecule has 1 aliphatic rings. The fraction of sp³-hybridized carbons (Fsp3) is 0.436. The van der Waals surface area contributed by atoms with Crippen molar-refractivity contribution in [1.82, 2.24) is 29.1 Å². The summed E-state index contributed by atoms with van der Waals surface area (Å²) in [5, 5.41) is 7.10. The van der Waals surface area contributed by atoms with Crippen LogP contribution in [0.3, 0.4) is 0 Å². The number of halogens is 3. The van der Waals surface area contributed by atoms with Crippen molar-refractivity contribution >= 4 is 41.5 Å². The van der Waals surface area contributed by atoms with Gasteiger partial charge >= 0.3 is 0 Å². The number of imidazole rings is 1. The van der Waals surface area contributed by atoms with E-state index in [2.05, 4.69) is 20.1 Å². The molecule has 1 aliphatic heterocycles. The molecule has 18 heteroatoms. The van der Waals surface area contributed by atoms with Crippen LogP contribution in [0.2, 0.25) is 5.02 Å². The highest BCUT2D eigenvalue weighted by Gasteiger charge is 2.38. The third-order valence-electron chi connectivity index (χ3n) is 9.99. The second-order valence-electron chi connectivity index (χ2n) is 14.0. The van der Waals surface area contributed by atoms with E-state index in [4.69, 9.17) is 26.9 Å². The number of quaternary nitrogens is 1. The molecule has 0 aliphatic carbocycles. The van der Waals surface area contributed by atoms with Gasteiger partial charge in [0.1, 0.15) is 5.54 Å². The molecule has 57 heavy (non-hydrogen) atoms. The Kier molecular flexibility index (Phi) is 15.4. The van der Waals surface area contributed by atoms with Gasteiger partial charge < -0.3 is 39.8 Å². The lowest BCUT2D eigenvalue weighted by atomic mass is 9.91. The predicted octanol–water partition coefficient (Wildman–Crippen LogP) is 2.81. The van der Waals surface area contributed by atoms with Gasteiger partial charge in [-0.05, 0) is 37.6 Å². The van der Waals surface area contributed by atoms with Crippen LogP contribution in [0.5, 0.6) is 0 Å². The van der Waals surface area contributed by atoms with Crippen LogP contribution in [0.1, 0.15) is 46.4 Å². The van der Waals surface area contributed by atoms with E-state index in [1.54, 1.807) is 34.6 Å². The van der Waals surface area contributed by atoms with E-state index in [1.165, 1.54) is 60.3 Å². The molecule has 5 rings (SSSR count). The molecule has 3 heterocycles. The number of nitrogens with zero attached hydrogens (tertiary/aromatic N) is 6. The Morgan fingerprint density at radius 1 is 1.02 bits per heavy atom. The molecule has 0 radical (unpaired) electrons. The molecule has 15 nitrogen and oxygen atoms in total.